The molecule has 46 heavy (non-hydrogen) atoms. The van der Waals surface area contributed by atoms with Gasteiger partial charge in [-0.05, 0) is 30.1 Å². The summed E-state index contributed by atoms with van der Waals surface area (Å²) < 4.78 is 39.0. The molecule has 0 saturated heterocycles. The topological polar surface area (TPSA) is 38.9 Å². The first-order valence-corrected chi connectivity index (χ1v) is 22.4. The summed E-state index contributed by atoms with van der Waals surface area (Å²) in [4.78, 5) is 9.06. The van der Waals surface area contributed by atoms with Crippen LogP contribution in [0, 0.1) is 19.0 Å². The first kappa shape index (κ1) is 28.4. The summed E-state index contributed by atoms with van der Waals surface area (Å²) in [5, 5.41) is 1.92. The number of nitrogens with zero attached hydrogens (tertiary/aromatic N) is 2. The number of rotatable bonds is 5. The predicted octanol–water partition coefficient (Wildman–Crippen LogP) is 10.6. The van der Waals surface area contributed by atoms with Crippen molar-refractivity contribution in [1.29, 1.82) is 0 Å². The van der Waals surface area contributed by atoms with Crippen LogP contribution >= 0.6 is 0 Å². The fourth-order valence-electron chi connectivity index (χ4n) is 5.26. The normalized spacial score (nSPS) is 13.1. The first-order valence-electron chi connectivity index (χ1n) is 17.1. The van der Waals surface area contributed by atoms with Crippen LogP contribution in [0.2, 0.25) is 17.3 Å². The maximum Gasteiger partial charge on any atom is 0 e. The van der Waals surface area contributed by atoms with Gasteiger partial charge < -0.3 is 9.40 Å². The molecule has 0 aliphatic rings. The van der Waals surface area contributed by atoms with Crippen molar-refractivity contribution >= 4 is 39.6 Å². The van der Waals surface area contributed by atoms with Crippen molar-refractivity contribution in [3.8, 4) is 33.6 Å². The molecule has 5 heteroatoms. The Morgan fingerprint density at radius 1 is 0.783 bits per heavy atom. The SMILES string of the molecule is [2H]C([2H])([2H])c1ccc(-c2cccc3c2oc2c(-c4cc(C([2H])(C)C)ccn4)[c-]ccc23)cc1.[CH3][Ge]([CH3])([CH3])[c]1ccc(-c2[c-]cccc2)nc1.[Ir]. The van der Waals surface area contributed by atoms with E-state index in [1.165, 1.54) is 4.40 Å². The van der Waals surface area contributed by atoms with E-state index in [-0.39, 0.29) is 20.1 Å². The Morgan fingerprint density at radius 2 is 1.59 bits per heavy atom. The van der Waals surface area contributed by atoms with Gasteiger partial charge >= 0.3 is 99.8 Å². The Hall–Kier alpha value is -3.83. The molecule has 1 radical (unpaired) electrons. The van der Waals surface area contributed by atoms with Crippen molar-refractivity contribution in [2.24, 2.45) is 0 Å². The number of fused-ring (bicyclic) bond motifs is 3. The van der Waals surface area contributed by atoms with Crippen LogP contribution in [-0.2, 0) is 20.1 Å². The summed E-state index contributed by atoms with van der Waals surface area (Å²) >= 11 is -1.72. The van der Waals surface area contributed by atoms with Crippen molar-refractivity contribution in [2.45, 2.75) is 43.9 Å². The summed E-state index contributed by atoms with van der Waals surface area (Å²) in [5.41, 5.74) is 7.90. The molecule has 0 amide bonds. The molecule has 4 aromatic carbocycles. The van der Waals surface area contributed by atoms with Gasteiger partial charge in [0.1, 0.15) is 5.58 Å². The number of furan rings is 1. The summed E-state index contributed by atoms with van der Waals surface area (Å²) in [5.74, 6) is 6.40. The fraction of sp³-hybridized carbons (Fsp3) is 0.171. The Bertz CT molecular complexity index is 2220. The van der Waals surface area contributed by atoms with Crippen LogP contribution in [0.5, 0.6) is 0 Å². The second-order valence-corrected chi connectivity index (χ2v) is 23.0. The van der Waals surface area contributed by atoms with Gasteiger partial charge in [0, 0.05) is 42.7 Å². The van der Waals surface area contributed by atoms with Gasteiger partial charge in [-0.3, -0.25) is 0 Å². The number of hydrogen-bond acceptors (Lipinski definition) is 3. The quantitative estimate of drug-likeness (QED) is 0.128. The molecule has 0 saturated carbocycles. The minimum atomic E-state index is -2.14. The molecular weight excluding hydrogens is 801 g/mol. The number of hydrogen-bond donors (Lipinski definition) is 0. The number of benzene rings is 4. The van der Waals surface area contributed by atoms with Crippen molar-refractivity contribution < 1.29 is 30.0 Å². The minimum absolute atomic E-state index is 0. The van der Waals surface area contributed by atoms with Gasteiger partial charge in [-0.25, -0.2) is 0 Å². The third-order valence-electron chi connectivity index (χ3n) is 7.86. The van der Waals surface area contributed by atoms with Crippen molar-refractivity contribution in [3.63, 3.8) is 0 Å². The zero-order valence-corrected chi connectivity index (χ0v) is 31.1. The van der Waals surface area contributed by atoms with Gasteiger partial charge in [0.2, 0.25) is 0 Å². The first-order chi connectivity index (χ1) is 23.2. The standard InChI is InChI=1S/C27H22NO.C14H16GeN.Ir/c1-17(2)20-14-15-28-25(16-20)24-9-5-8-23-22-7-4-6-21(26(22)29-27(23)24)19-12-10-18(3)11-13-19;1-15(2,3)13-9-10-14(16-11-13)12-7-5-4-6-8-12;/h4-8,10-17H,1-3H3;4-7,9-11H,1-3H3;/q2*-1;/i3D3,17D;;. The number of para-hydroxylation sites is 1. The predicted molar refractivity (Wildman–Crippen MR) is 192 cm³/mol. The Kier molecular flexibility index (Phi) is 8.83. The molecule has 0 fully saturated rings. The third-order valence-corrected chi connectivity index (χ3v) is 12.1. The van der Waals surface area contributed by atoms with E-state index < -0.39 is 26.0 Å². The monoisotopic (exact) mass is 845 g/mol. The van der Waals surface area contributed by atoms with E-state index in [2.05, 4.69) is 51.5 Å². The molecule has 3 heterocycles. The Balaban J connectivity index is 0.000000241. The third kappa shape index (κ3) is 7.26. The Morgan fingerprint density at radius 3 is 2.26 bits per heavy atom. The van der Waals surface area contributed by atoms with Crippen LogP contribution in [0.25, 0.3) is 55.6 Å². The van der Waals surface area contributed by atoms with Gasteiger partial charge in [-0.1, -0.05) is 84.5 Å². The molecule has 0 aliphatic carbocycles. The average molecular weight is 844 g/mol. The Labute approximate surface area is 294 Å². The molecule has 7 rings (SSSR count). The van der Waals surface area contributed by atoms with Crippen molar-refractivity contribution in [3.05, 3.63) is 139 Å². The van der Waals surface area contributed by atoms with Crippen LogP contribution in [0.1, 0.15) is 36.4 Å². The number of pyridine rings is 2. The van der Waals surface area contributed by atoms with Gasteiger partial charge in [-0.15, -0.1) is 18.2 Å². The van der Waals surface area contributed by atoms with Gasteiger partial charge in [0.25, 0.3) is 0 Å². The second-order valence-electron chi connectivity index (χ2n) is 12.3. The molecule has 3 aromatic heterocycles. The minimum Gasteiger partial charge on any atom is 0 e. The summed E-state index contributed by atoms with van der Waals surface area (Å²) in [6.45, 7) is 1.56. The molecule has 0 spiro atoms. The molecule has 0 N–H and O–H groups in total. The van der Waals surface area contributed by atoms with E-state index in [9.17, 15) is 0 Å². The molecule has 0 atom stereocenters. The van der Waals surface area contributed by atoms with E-state index in [0.29, 0.717) is 16.8 Å². The zero-order valence-electron chi connectivity index (χ0n) is 30.6. The van der Waals surface area contributed by atoms with E-state index in [1.54, 1.807) is 18.3 Å². The molecule has 7 aromatic rings. The van der Waals surface area contributed by atoms with E-state index >= 15 is 0 Å². The molecule has 0 unspecified atom stereocenters. The van der Waals surface area contributed by atoms with Gasteiger partial charge in [0.15, 0.2) is 0 Å². The van der Waals surface area contributed by atoms with Crippen LogP contribution in [-0.4, -0.2) is 23.2 Å². The largest absolute Gasteiger partial charge is 0 e. The molecule has 0 aliphatic heterocycles. The molecule has 0 bridgehead atoms. The average Bonchev–Trinajstić information content (AvgIpc) is 3.47. The smallest absolute Gasteiger partial charge is 0 e. The zero-order chi connectivity index (χ0) is 35.0. The number of aryl methyl sites for hydroxylation is 1. The van der Waals surface area contributed by atoms with E-state index in [1.807, 2.05) is 98.9 Å². The van der Waals surface area contributed by atoms with E-state index in [4.69, 9.17) is 9.90 Å². The van der Waals surface area contributed by atoms with Crippen LogP contribution in [0.15, 0.2) is 120 Å². The summed E-state index contributed by atoms with van der Waals surface area (Å²) in [6, 6.07) is 39.3. The van der Waals surface area contributed by atoms with Crippen molar-refractivity contribution in [2.75, 3.05) is 0 Å². The maximum atomic E-state index is 8.36. The van der Waals surface area contributed by atoms with Crippen LogP contribution < -0.4 is 4.40 Å². The summed E-state index contributed by atoms with van der Waals surface area (Å²) in [7, 11) is 0. The maximum absolute atomic E-state index is 8.36. The van der Waals surface area contributed by atoms with Gasteiger partial charge in [0.05, 0.1) is 5.58 Å². The fourth-order valence-corrected chi connectivity index (χ4v) is 7.43. The van der Waals surface area contributed by atoms with Crippen molar-refractivity contribution in [1.82, 2.24) is 9.97 Å². The van der Waals surface area contributed by atoms with Gasteiger partial charge in [-0.2, -0.15) is 0 Å². The second kappa shape index (κ2) is 14.3. The van der Waals surface area contributed by atoms with Crippen LogP contribution in [0.4, 0.5) is 0 Å². The molecule has 3 nitrogen and oxygen atoms in total. The van der Waals surface area contributed by atoms with Crippen LogP contribution in [0.3, 0.4) is 0 Å². The van der Waals surface area contributed by atoms with E-state index in [0.717, 1.165) is 49.9 Å². The summed E-state index contributed by atoms with van der Waals surface area (Å²) in [6.07, 6.45) is 3.75. The molecule has 233 valence electrons. The number of aromatic nitrogens is 2. The molecular formula is C41H38GeIrN2O-2.